The Morgan fingerprint density at radius 3 is 2.64 bits per heavy atom. The van der Waals surface area contributed by atoms with Crippen LogP contribution in [0.25, 0.3) is 22.2 Å². The van der Waals surface area contributed by atoms with E-state index in [1.807, 2.05) is 42.2 Å². The maximum Gasteiger partial charge on any atom is 0.247 e. The lowest BCUT2D eigenvalue weighted by atomic mass is 9.94. The van der Waals surface area contributed by atoms with Gasteiger partial charge in [0.1, 0.15) is 17.9 Å². The number of allylic oxidation sites excluding steroid dienone is 1. The van der Waals surface area contributed by atoms with Gasteiger partial charge >= 0.3 is 0 Å². The third-order valence-electron chi connectivity index (χ3n) is 8.86. The van der Waals surface area contributed by atoms with E-state index in [2.05, 4.69) is 48.1 Å². The molecule has 0 saturated carbocycles. The predicted octanol–water partition coefficient (Wildman–Crippen LogP) is 4.21. The Morgan fingerprint density at radius 2 is 1.88 bits per heavy atom. The number of carbonyl (C=O) groups is 1. The van der Waals surface area contributed by atoms with Gasteiger partial charge in [0.25, 0.3) is 0 Å². The fraction of sp³-hybridized carbons (Fsp3) is 0.438. The van der Waals surface area contributed by atoms with E-state index in [9.17, 15) is 4.79 Å². The van der Waals surface area contributed by atoms with Gasteiger partial charge < -0.3 is 20.3 Å². The lowest BCUT2D eigenvalue weighted by Gasteiger charge is -2.44. The average molecular weight is 569 g/mol. The molecule has 4 heterocycles. The Kier molecular flexibility index (Phi) is 8.34. The van der Waals surface area contributed by atoms with Crippen LogP contribution in [0.2, 0.25) is 0 Å². The maximum absolute atomic E-state index is 12.5. The van der Waals surface area contributed by atoms with Crippen LogP contribution in [0.3, 0.4) is 0 Å². The van der Waals surface area contributed by atoms with Crippen LogP contribution >= 0.6 is 0 Å². The van der Waals surface area contributed by atoms with Crippen molar-refractivity contribution < 1.29 is 9.53 Å². The molecule has 0 bridgehead atoms. The van der Waals surface area contributed by atoms with Crippen LogP contribution in [-0.4, -0.2) is 80.8 Å². The van der Waals surface area contributed by atoms with E-state index in [1.165, 1.54) is 38.4 Å². The van der Waals surface area contributed by atoms with Crippen LogP contribution in [-0.2, 0) is 16.6 Å². The van der Waals surface area contributed by atoms with E-state index in [4.69, 9.17) is 4.74 Å². The zero-order valence-corrected chi connectivity index (χ0v) is 24.6. The van der Waals surface area contributed by atoms with E-state index < -0.39 is 0 Å². The number of carbonyl (C=O) groups excluding carboxylic acids is 1. The number of methoxy groups -OCH3 is 1. The van der Waals surface area contributed by atoms with Gasteiger partial charge in [0, 0.05) is 55.3 Å². The Balaban J connectivity index is 1.21. The molecule has 1 unspecified atom stereocenters. The number of nitrogens with one attached hydrogen (secondary N) is 2. The number of fused-ring (bicyclic) bond motifs is 1. The van der Waals surface area contributed by atoms with Crippen LogP contribution < -0.4 is 10.6 Å². The van der Waals surface area contributed by atoms with Crippen LogP contribution in [0.5, 0.6) is 0 Å². The molecule has 2 saturated heterocycles. The second-order valence-corrected chi connectivity index (χ2v) is 11.4. The van der Waals surface area contributed by atoms with Gasteiger partial charge in [0.15, 0.2) is 0 Å². The summed E-state index contributed by atoms with van der Waals surface area (Å²) in [5, 5.41) is 11.9. The summed E-state index contributed by atoms with van der Waals surface area (Å²) in [5.74, 6) is 1.25. The lowest BCUT2D eigenvalue weighted by molar-refractivity contribution is -0.116. The fourth-order valence-electron chi connectivity index (χ4n) is 6.56. The Bertz CT molecular complexity index is 1510. The molecule has 1 aromatic carbocycles. The molecule has 2 N–H and O–H groups in total. The summed E-state index contributed by atoms with van der Waals surface area (Å²) < 4.78 is 7.76. The van der Waals surface area contributed by atoms with Crippen molar-refractivity contribution in [1.29, 1.82) is 0 Å². The van der Waals surface area contributed by atoms with Gasteiger partial charge in [-0.15, -0.1) is 0 Å². The molecule has 2 aliphatic heterocycles. The van der Waals surface area contributed by atoms with Crippen molar-refractivity contribution in [2.75, 3.05) is 38.6 Å². The monoisotopic (exact) mass is 568 g/mol. The van der Waals surface area contributed by atoms with Crippen LogP contribution in [0.1, 0.15) is 38.5 Å². The minimum Gasteiger partial charge on any atom is -0.499 e. The molecule has 3 aliphatic rings. The fourth-order valence-corrected chi connectivity index (χ4v) is 6.56. The Morgan fingerprint density at radius 1 is 1.07 bits per heavy atom. The molecule has 2 fully saturated rings. The summed E-state index contributed by atoms with van der Waals surface area (Å²) in [6.07, 6.45) is 13.6. The number of aromatic nitrogens is 4. The Labute approximate surface area is 247 Å². The quantitative estimate of drug-likeness (QED) is 0.390. The van der Waals surface area contributed by atoms with E-state index >= 15 is 0 Å². The van der Waals surface area contributed by atoms with Gasteiger partial charge in [-0.3, -0.25) is 14.4 Å². The van der Waals surface area contributed by atoms with Gasteiger partial charge in [-0.05, 0) is 63.1 Å². The second kappa shape index (κ2) is 12.5. The van der Waals surface area contributed by atoms with Crippen molar-refractivity contribution in [2.45, 2.75) is 50.6 Å². The highest BCUT2D eigenvalue weighted by Crippen LogP contribution is 2.32. The number of anilines is 1. The average Bonchev–Trinajstić information content (AvgIpc) is 3.41. The molecule has 1 amide bonds. The largest absolute Gasteiger partial charge is 0.499 e. The minimum absolute atomic E-state index is 0.0175. The molecule has 10 heteroatoms. The van der Waals surface area contributed by atoms with Crippen LogP contribution in [0, 0.1) is 0 Å². The van der Waals surface area contributed by atoms with Gasteiger partial charge in [-0.1, -0.05) is 19.1 Å². The van der Waals surface area contributed by atoms with E-state index in [0.29, 0.717) is 18.3 Å². The van der Waals surface area contributed by atoms with E-state index in [-0.39, 0.29) is 11.9 Å². The molecule has 10 nitrogen and oxygen atoms in total. The number of amides is 1. The third-order valence-corrected chi connectivity index (χ3v) is 8.86. The van der Waals surface area contributed by atoms with Gasteiger partial charge in [-0.25, -0.2) is 9.97 Å². The zero-order valence-electron chi connectivity index (χ0n) is 24.6. The highest BCUT2D eigenvalue weighted by Gasteiger charge is 2.34. The summed E-state index contributed by atoms with van der Waals surface area (Å²) in [4.78, 5) is 26.7. The summed E-state index contributed by atoms with van der Waals surface area (Å²) in [5.41, 5.74) is 4.45. The molecule has 0 radical (unpaired) electrons. The molecular weight excluding hydrogens is 528 g/mol. The molecular formula is C32H40N8O2. The van der Waals surface area contributed by atoms with Crippen molar-refractivity contribution in [1.82, 2.24) is 34.9 Å². The molecule has 1 aliphatic carbocycles. The Hall–Kier alpha value is -4.02. The highest BCUT2D eigenvalue weighted by atomic mass is 16.5. The summed E-state index contributed by atoms with van der Waals surface area (Å²) in [7, 11) is 3.63. The number of hydrogen-bond donors (Lipinski definition) is 2. The minimum atomic E-state index is -0.218. The predicted molar refractivity (Wildman–Crippen MR) is 164 cm³/mol. The van der Waals surface area contributed by atoms with Crippen molar-refractivity contribution in [3.63, 3.8) is 0 Å². The first-order valence-corrected chi connectivity index (χ1v) is 14.9. The zero-order chi connectivity index (χ0) is 29.1. The normalized spacial score (nSPS) is 20.8. The van der Waals surface area contributed by atoms with Gasteiger partial charge in [-0.2, -0.15) is 5.10 Å². The number of benzene rings is 1. The first kappa shape index (κ1) is 28.1. The molecule has 1 atom stereocenters. The van der Waals surface area contributed by atoms with Crippen molar-refractivity contribution in [3.8, 4) is 11.3 Å². The van der Waals surface area contributed by atoms with Crippen molar-refractivity contribution >= 4 is 22.6 Å². The lowest BCUT2D eigenvalue weighted by Crippen LogP contribution is -2.51. The number of rotatable bonds is 8. The van der Waals surface area contributed by atoms with Crippen LogP contribution in [0.15, 0.2) is 72.7 Å². The smallest absolute Gasteiger partial charge is 0.247 e. The van der Waals surface area contributed by atoms with Gasteiger partial charge in [0.05, 0.1) is 36.3 Å². The summed E-state index contributed by atoms with van der Waals surface area (Å²) in [6, 6.07) is 8.76. The number of piperidine rings is 2. The molecule has 2 aromatic heterocycles. The third kappa shape index (κ3) is 5.96. The molecule has 3 aromatic rings. The maximum atomic E-state index is 12.5. The molecule has 42 heavy (non-hydrogen) atoms. The number of hydrogen-bond acceptors (Lipinski definition) is 8. The number of nitrogens with zero attached hydrogens (tertiary/aromatic N) is 6. The van der Waals surface area contributed by atoms with E-state index in [0.717, 1.165) is 65.2 Å². The highest BCUT2D eigenvalue weighted by molar-refractivity contribution is 5.88. The first-order chi connectivity index (χ1) is 20.5. The summed E-state index contributed by atoms with van der Waals surface area (Å²) >= 11 is 0. The van der Waals surface area contributed by atoms with Crippen LogP contribution in [0.4, 0.5) is 5.82 Å². The van der Waals surface area contributed by atoms with Crippen molar-refractivity contribution in [2.24, 2.45) is 7.05 Å². The number of ether oxygens (including phenoxy) is 1. The standard InChI is InChI=1S/C32H40N8O2/c1-4-32(41)37-26-17-27(30(42-3)19-29(26)40-14-10-24(11-15-40)39-12-6-5-7-13-39)36-31-18-25(33-21-34-31)22-8-9-28-23(16-22)20-35-38(28)2/h4,8-9,16-18,20-21,24,29H,1,5-7,10-15,19H2,2-3H3,(H,37,41)(H,33,34,36). The second-order valence-electron chi connectivity index (χ2n) is 11.4. The van der Waals surface area contributed by atoms with E-state index in [1.54, 1.807) is 13.4 Å². The molecule has 0 spiro atoms. The summed E-state index contributed by atoms with van der Waals surface area (Å²) in [6.45, 7) is 8.10. The first-order valence-electron chi connectivity index (χ1n) is 14.9. The SMILES string of the molecule is C=CC(=O)NC1=CC(Nc2cc(-c3ccc4c(cnn4C)c3)ncn2)=C(OC)CC1N1CCC(N2CCCCC2)CC1. The topological polar surface area (TPSA) is 100 Å². The molecule has 6 rings (SSSR count). The van der Waals surface area contributed by atoms with Gasteiger partial charge in [0.2, 0.25) is 5.91 Å². The van der Waals surface area contributed by atoms with Crippen molar-refractivity contribution in [3.05, 3.63) is 72.7 Å². The number of aryl methyl sites for hydroxylation is 1. The molecule has 220 valence electrons. The number of likely N-dealkylation sites (tertiary alicyclic amines) is 2.